The molecule has 150 valence electrons. The topological polar surface area (TPSA) is 62.2 Å². The Bertz CT molecular complexity index is 936. The van der Waals surface area contributed by atoms with Crippen LogP contribution < -0.4 is 9.64 Å². The Morgan fingerprint density at radius 1 is 1.14 bits per heavy atom. The Morgan fingerprint density at radius 2 is 1.86 bits per heavy atom. The number of hydrogen-bond donors (Lipinski definition) is 1. The molecule has 29 heavy (non-hydrogen) atoms. The highest BCUT2D eigenvalue weighted by molar-refractivity contribution is 7.80. The monoisotopic (exact) mass is 410 g/mol. The van der Waals surface area contributed by atoms with Crippen molar-refractivity contribution in [3.8, 4) is 5.75 Å². The number of anilines is 1. The van der Waals surface area contributed by atoms with Crippen molar-refractivity contribution in [3.05, 3.63) is 60.2 Å². The van der Waals surface area contributed by atoms with Crippen LogP contribution in [0.15, 0.2) is 54.6 Å². The van der Waals surface area contributed by atoms with E-state index in [1.165, 1.54) is 0 Å². The van der Waals surface area contributed by atoms with E-state index < -0.39 is 18.1 Å². The lowest BCUT2D eigenvalue weighted by atomic mass is 9.74. The van der Waals surface area contributed by atoms with Gasteiger partial charge in [-0.1, -0.05) is 30.3 Å². The summed E-state index contributed by atoms with van der Waals surface area (Å²) in [6.45, 7) is 0.598. The number of esters is 1. The number of rotatable bonds is 4. The maximum absolute atomic E-state index is 12.6. The van der Waals surface area contributed by atoms with E-state index in [1.807, 2.05) is 42.5 Å². The Morgan fingerprint density at radius 3 is 2.55 bits per heavy atom. The van der Waals surface area contributed by atoms with Gasteiger partial charge in [-0.2, -0.15) is 0 Å². The lowest BCUT2D eigenvalue weighted by Crippen LogP contribution is -2.66. The van der Waals surface area contributed by atoms with Crippen molar-refractivity contribution in [1.82, 2.24) is 4.90 Å². The number of thiocarbonyl (C=S) groups is 1. The average Bonchev–Trinajstić information content (AvgIpc) is 3.03. The van der Waals surface area contributed by atoms with Crippen molar-refractivity contribution in [1.29, 1.82) is 0 Å². The molecule has 6 nitrogen and oxygen atoms in total. The van der Waals surface area contributed by atoms with Crippen LogP contribution in [0.1, 0.15) is 12.0 Å². The third kappa shape index (κ3) is 2.88. The van der Waals surface area contributed by atoms with E-state index in [9.17, 15) is 9.90 Å². The summed E-state index contributed by atoms with van der Waals surface area (Å²) in [5, 5.41) is 11.2. The summed E-state index contributed by atoms with van der Waals surface area (Å²) in [7, 11) is 1.63. The smallest absolute Gasteiger partial charge is 0.311 e. The summed E-state index contributed by atoms with van der Waals surface area (Å²) in [4.78, 5) is 16.7. The number of aliphatic hydroxyl groups is 1. The molecule has 0 radical (unpaired) electrons. The third-order valence-electron chi connectivity index (χ3n) is 6.18. The molecule has 1 aliphatic carbocycles. The summed E-state index contributed by atoms with van der Waals surface area (Å²) < 4.78 is 10.9. The SMILES string of the molecule is COc1ccc(N2C(=S)N(Cc3ccccc3)[C@H]3[C@H]4OC(=O)[C@@H](C[C@H]4O)[C@H]32)cc1. The molecule has 4 fully saturated rings. The van der Waals surface area contributed by atoms with Crippen molar-refractivity contribution < 1.29 is 19.4 Å². The van der Waals surface area contributed by atoms with Crippen molar-refractivity contribution in [2.24, 2.45) is 5.92 Å². The van der Waals surface area contributed by atoms with E-state index in [-0.39, 0.29) is 18.1 Å². The van der Waals surface area contributed by atoms with Crippen molar-refractivity contribution in [2.45, 2.75) is 37.3 Å². The molecule has 0 aromatic heterocycles. The van der Waals surface area contributed by atoms with Gasteiger partial charge >= 0.3 is 5.97 Å². The minimum Gasteiger partial charge on any atom is -0.497 e. The van der Waals surface area contributed by atoms with E-state index in [2.05, 4.69) is 21.9 Å². The first-order valence-corrected chi connectivity index (χ1v) is 10.2. The maximum atomic E-state index is 12.6. The van der Waals surface area contributed by atoms with Crippen LogP contribution in [0.2, 0.25) is 0 Å². The molecule has 5 atom stereocenters. The number of fused-ring (bicyclic) bond motifs is 2. The molecule has 0 spiro atoms. The minimum absolute atomic E-state index is 0.158. The van der Waals surface area contributed by atoms with Crippen LogP contribution in [0.5, 0.6) is 5.75 Å². The average molecular weight is 410 g/mol. The van der Waals surface area contributed by atoms with Crippen LogP contribution in [0.25, 0.3) is 0 Å². The summed E-state index contributed by atoms with van der Waals surface area (Å²) in [5.74, 6) is 0.0989. The van der Waals surface area contributed by atoms with Gasteiger partial charge < -0.3 is 24.4 Å². The number of nitrogens with zero attached hydrogens (tertiary/aromatic N) is 2. The van der Waals surface area contributed by atoms with Crippen LogP contribution in [-0.4, -0.2) is 52.5 Å². The van der Waals surface area contributed by atoms with E-state index in [0.29, 0.717) is 18.1 Å². The fraction of sp³-hybridized carbons (Fsp3) is 0.364. The standard InChI is InChI=1S/C22H22N2O4S/c1-27-15-9-7-14(8-10-15)24-18-16-11-17(25)20(28-21(16)26)19(18)23(22(24)29)12-13-5-3-2-4-6-13/h2-10,16-20,25H,11-12H2,1H3/t16-,17+,18+,19+,20-/m0/s1. The first-order chi connectivity index (χ1) is 14.1. The molecule has 1 saturated carbocycles. The van der Waals surface area contributed by atoms with Crippen LogP contribution in [0.3, 0.4) is 0 Å². The molecule has 2 bridgehead atoms. The molecule has 6 rings (SSSR count). The number of aliphatic hydroxyl groups excluding tert-OH is 1. The summed E-state index contributed by atoms with van der Waals surface area (Å²) in [5.41, 5.74) is 2.03. The van der Waals surface area contributed by atoms with Crippen molar-refractivity contribution in [2.75, 3.05) is 12.0 Å². The van der Waals surface area contributed by atoms with E-state index in [4.69, 9.17) is 21.7 Å². The van der Waals surface area contributed by atoms with Gasteiger partial charge in [0.15, 0.2) is 5.11 Å². The van der Waals surface area contributed by atoms with Gasteiger partial charge in [0.2, 0.25) is 0 Å². The molecule has 4 aliphatic rings. The number of ether oxygens (including phenoxy) is 2. The molecular formula is C22H22N2O4S. The second-order valence-electron chi connectivity index (χ2n) is 7.76. The first kappa shape index (κ1) is 18.4. The van der Waals surface area contributed by atoms with Gasteiger partial charge in [0.25, 0.3) is 0 Å². The molecular weight excluding hydrogens is 388 g/mol. The zero-order chi connectivity index (χ0) is 20.1. The van der Waals surface area contributed by atoms with Crippen LogP contribution in [0, 0.1) is 5.92 Å². The van der Waals surface area contributed by atoms with E-state index in [0.717, 1.165) is 17.0 Å². The lowest BCUT2D eigenvalue weighted by Gasteiger charge is -2.49. The van der Waals surface area contributed by atoms with Gasteiger partial charge in [0, 0.05) is 12.2 Å². The summed E-state index contributed by atoms with van der Waals surface area (Å²) >= 11 is 5.90. The van der Waals surface area contributed by atoms with Crippen LogP contribution >= 0.6 is 12.2 Å². The Kier molecular flexibility index (Phi) is 4.44. The Hall–Kier alpha value is -2.64. The molecule has 7 heteroatoms. The normalized spacial score (nSPS) is 30.3. The van der Waals surface area contributed by atoms with Gasteiger partial charge in [-0.15, -0.1) is 0 Å². The van der Waals surface area contributed by atoms with Crippen molar-refractivity contribution in [3.63, 3.8) is 0 Å². The molecule has 3 saturated heterocycles. The number of carbonyl (C=O) groups excluding carboxylic acids is 1. The molecule has 3 aliphatic heterocycles. The highest BCUT2D eigenvalue weighted by Crippen LogP contribution is 2.46. The quantitative estimate of drug-likeness (QED) is 0.613. The molecule has 2 aromatic rings. The summed E-state index contributed by atoms with van der Waals surface area (Å²) in [6.07, 6.45) is -0.850. The molecule has 1 N–H and O–H groups in total. The minimum atomic E-state index is -0.671. The van der Waals surface area contributed by atoms with Crippen molar-refractivity contribution >= 4 is 29.0 Å². The fourth-order valence-electron chi connectivity index (χ4n) is 4.87. The third-order valence-corrected chi connectivity index (χ3v) is 6.62. The Labute approximate surface area is 174 Å². The van der Waals surface area contributed by atoms with Gasteiger partial charge in [-0.3, -0.25) is 4.79 Å². The van der Waals surface area contributed by atoms with E-state index >= 15 is 0 Å². The van der Waals surface area contributed by atoms with E-state index in [1.54, 1.807) is 7.11 Å². The Balaban J connectivity index is 1.56. The number of benzene rings is 2. The van der Waals surface area contributed by atoms with Gasteiger partial charge in [0.05, 0.1) is 31.2 Å². The van der Waals surface area contributed by atoms with Gasteiger partial charge in [-0.25, -0.2) is 0 Å². The number of methoxy groups -OCH3 is 1. The first-order valence-electron chi connectivity index (χ1n) is 9.75. The van der Waals surface area contributed by atoms with Crippen LogP contribution in [-0.2, 0) is 16.1 Å². The zero-order valence-corrected chi connectivity index (χ0v) is 16.8. The molecule has 2 aromatic carbocycles. The highest BCUT2D eigenvalue weighted by atomic mass is 32.1. The van der Waals surface area contributed by atoms with Gasteiger partial charge in [-0.05, 0) is 48.5 Å². The summed E-state index contributed by atoms with van der Waals surface area (Å²) in [6, 6.07) is 17.4. The predicted octanol–water partition coefficient (Wildman–Crippen LogP) is 2.35. The molecule has 3 heterocycles. The zero-order valence-electron chi connectivity index (χ0n) is 16.0. The number of carbonyl (C=O) groups is 1. The predicted molar refractivity (Wildman–Crippen MR) is 112 cm³/mol. The molecule has 0 amide bonds. The second kappa shape index (κ2) is 7.00. The lowest BCUT2D eigenvalue weighted by molar-refractivity contribution is -0.194. The number of hydrogen-bond acceptors (Lipinski definition) is 5. The molecule has 0 unspecified atom stereocenters. The largest absolute Gasteiger partial charge is 0.497 e. The fourth-order valence-corrected chi connectivity index (χ4v) is 5.28. The van der Waals surface area contributed by atoms with Crippen LogP contribution in [0.4, 0.5) is 5.69 Å². The second-order valence-corrected chi connectivity index (χ2v) is 8.12. The maximum Gasteiger partial charge on any atom is 0.311 e. The highest BCUT2D eigenvalue weighted by Gasteiger charge is 2.62. The van der Waals surface area contributed by atoms with Gasteiger partial charge in [0.1, 0.15) is 11.9 Å².